The Bertz CT molecular complexity index is 182. The predicted octanol–water partition coefficient (Wildman–Crippen LogP) is -0.491. The molecule has 1 unspecified atom stereocenters. The number of carbonyl (C=O) groups is 2. The lowest BCUT2D eigenvalue weighted by Crippen LogP contribution is -2.46. The highest BCUT2D eigenvalue weighted by Gasteiger charge is 2.18. The highest BCUT2D eigenvalue weighted by molar-refractivity contribution is 7.80. The predicted molar refractivity (Wildman–Crippen MR) is 50.2 cm³/mol. The molecule has 0 aliphatic rings. The molecule has 0 saturated heterocycles. The molecule has 0 bridgehead atoms. The summed E-state index contributed by atoms with van der Waals surface area (Å²) in [6.07, 6.45) is 0. The fraction of sp³-hybridized carbons (Fsp3) is 0.714. The van der Waals surface area contributed by atoms with Crippen molar-refractivity contribution in [2.75, 3.05) is 19.8 Å². The molecule has 0 heterocycles. The van der Waals surface area contributed by atoms with E-state index in [2.05, 4.69) is 17.9 Å². The van der Waals surface area contributed by atoms with Crippen LogP contribution in [-0.4, -0.2) is 42.6 Å². The third kappa shape index (κ3) is 3.61. The van der Waals surface area contributed by atoms with E-state index in [1.165, 1.54) is 11.8 Å². The molecule has 0 aromatic rings. The zero-order chi connectivity index (χ0) is 9.72. The van der Waals surface area contributed by atoms with Gasteiger partial charge in [0.15, 0.2) is 0 Å². The molecule has 5 heteroatoms. The number of thiol groups is 1. The maximum Gasteiger partial charge on any atom is 0.245 e. The second kappa shape index (κ2) is 5.03. The van der Waals surface area contributed by atoms with Crippen molar-refractivity contribution in [1.82, 2.24) is 10.2 Å². The zero-order valence-corrected chi connectivity index (χ0v) is 8.39. The third-order valence-electron chi connectivity index (χ3n) is 1.30. The van der Waals surface area contributed by atoms with E-state index in [4.69, 9.17) is 0 Å². The normalized spacial score (nSPS) is 12.0. The van der Waals surface area contributed by atoms with E-state index < -0.39 is 6.04 Å². The zero-order valence-electron chi connectivity index (χ0n) is 7.50. The molecule has 0 aliphatic heterocycles. The summed E-state index contributed by atoms with van der Waals surface area (Å²) in [5.41, 5.74) is 0. The van der Waals surface area contributed by atoms with Gasteiger partial charge >= 0.3 is 0 Å². The molecule has 1 atom stereocenters. The second-order valence-electron chi connectivity index (χ2n) is 2.67. The molecule has 4 nitrogen and oxygen atoms in total. The van der Waals surface area contributed by atoms with Crippen molar-refractivity contribution < 1.29 is 9.59 Å². The van der Waals surface area contributed by atoms with Crippen LogP contribution in [0, 0.1) is 0 Å². The first-order chi connectivity index (χ1) is 5.49. The summed E-state index contributed by atoms with van der Waals surface area (Å²) in [7, 11) is 3.28. The number of likely N-dealkylation sites (N-methyl/N-ethyl adjacent to an activating group) is 1. The van der Waals surface area contributed by atoms with Crippen molar-refractivity contribution in [3.8, 4) is 0 Å². The van der Waals surface area contributed by atoms with Gasteiger partial charge < -0.3 is 10.2 Å². The van der Waals surface area contributed by atoms with Crippen molar-refractivity contribution in [2.45, 2.75) is 13.0 Å². The molecule has 2 amide bonds. The smallest absolute Gasteiger partial charge is 0.245 e. The van der Waals surface area contributed by atoms with Gasteiger partial charge in [0.05, 0.1) is 0 Å². The lowest BCUT2D eigenvalue weighted by atomic mass is 10.3. The van der Waals surface area contributed by atoms with Crippen LogP contribution in [0.3, 0.4) is 0 Å². The molecule has 0 aromatic heterocycles. The van der Waals surface area contributed by atoms with Crippen molar-refractivity contribution in [3.63, 3.8) is 0 Å². The fourth-order valence-corrected chi connectivity index (χ4v) is 0.990. The van der Waals surface area contributed by atoms with Gasteiger partial charge in [0.25, 0.3) is 0 Å². The van der Waals surface area contributed by atoms with E-state index >= 15 is 0 Å². The summed E-state index contributed by atoms with van der Waals surface area (Å²) in [5.74, 6) is -0.0409. The molecule has 0 spiro atoms. The van der Waals surface area contributed by atoms with Crippen LogP contribution in [0.5, 0.6) is 0 Å². The summed E-state index contributed by atoms with van der Waals surface area (Å²) in [6.45, 7) is 1.37. The Balaban J connectivity index is 4.15. The number of amides is 2. The summed E-state index contributed by atoms with van der Waals surface area (Å²) in [5, 5.41) is 2.50. The van der Waals surface area contributed by atoms with Gasteiger partial charge in [-0.15, -0.1) is 0 Å². The Hall–Kier alpha value is -0.710. The molecule has 70 valence electrons. The van der Waals surface area contributed by atoms with Gasteiger partial charge in [-0.05, 0) is 0 Å². The van der Waals surface area contributed by atoms with Gasteiger partial charge in [0, 0.05) is 26.8 Å². The molecule has 0 saturated carbocycles. The average molecular weight is 190 g/mol. The summed E-state index contributed by atoms with van der Waals surface area (Å²) < 4.78 is 0. The van der Waals surface area contributed by atoms with E-state index in [9.17, 15) is 9.59 Å². The lowest BCUT2D eigenvalue weighted by Gasteiger charge is -2.18. The van der Waals surface area contributed by atoms with Gasteiger partial charge in [0.2, 0.25) is 11.8 Å². The highest BCUT2D eigenvalue weighted by atomic mass is 32.1. The average Bonchev–Trinajstić information content (AvgIpc) is 1.98. The van der Waals surface area contributed by atoms with Crippen LogP contribution in [-0.2, 0) is 9.59 Å². The Morgan fingerprint density at radius 1 is 1.50 bits per heavy atom. The molecule has 0 radical (unpaired) electrons. The first-order valence-electron chi connectivity index (χ1n) is 3.58. The van der Waals surface area contributed by atoms with E-state index in [0.717, 1.165) is 0 Å². The van der Waals surface area contributed by atoms with Crippen LogP contribution >= 0.6 is 12.6 Å². The van der Waals surface area contributed by atoms with Gasteiger partial charge in [-0.1, -0.05) is 0 Å². The largest absolute Gasteiger partial charge is 0.347 e. The SMILES string of the molecule is CC(=O)NC(CS)C(=O)N(C)C. The van der Waals surface area contributed by atoms with E-state index in [0.29, 0.717) is 5.75 Å². The third-order valence-corrected chi connectivity index (χ3v) is 1.66. The molecule has 0 fully saturated rings. The number of hydrogen-bond acceptors (Lipinski definition) is 3. The minimum atomic E-state index is -0.513. The number of nitrogens with one attached hydrogen (secondary N) is 1. The van der Waals surface area contributed by atoms with Gasteiger partial charge in [-0.3, -0.25) is 9.59 Å². The van der Waals surface area contributed by atoms with Crippen LogP contribution in [0.15, 0.2) is 0 Å². The number of hydrogen-bond donors (Lipinski definition) is 2. The minimum Gasteiger partial charge on any atom is -0.347 e. The molecular weight excluding hydrogens is 176 g/mol. The first-order valence-corrected chi connectivity index (χ1v) is 4.21. The van der Waals surface area contributed by atoms with Gasteiger partial charge in [-0.25, -0.2) is 0 Å². The summed E-state index contributed by atoms with van der Waals surface area (Å²) >= 11 is 3.96. The van der Waals surface area contributed by atoms with Crippen molar-refractivity contribution in [1.29, 1.82) is 0 Å². The minimum absolute atomic E-state index is 0.139. The van der Waals surface area contributed by atoms with Crippen LogP contribution in [0.25, 0.3) is 0 Å². The maximum atomic E-state index is 11.3. The molecule has 1 N–H and O–H groups in total. The molecule has 0 rings (SSSR count). The molecule has 0 aliphatic carbocycles. The van der Waals surface area contributed by atoms with Crippen molar-refractivity contribution in [3.05, 3.63) is 0 Å². The second-order valence-corrected chi connectivity index (χ2v) is 3.03. The Labute approximate surface area is 77.7 Å². The van der Waals surface area contributed by atoms with Crippen LogP contribution in [0.2, 0.25) is 0 Å². The fourth-order valence-electron chi connectivity index (χ4n) is 0.743. The van der Waals surface area contributed by atoms with Crippen LogP contribution in [0.4, 0.5) is 0 Å². The van der Waals surface area contributed by atoms with Crippen molar-refractivity contribution in [2.24, 2.45) is 0 Å². The summed E-state index contributed by atoms with van der Waals surface area (Å²) in [6, 6.07) is -0.513. The first kappa shape index (κ1) is 11.3. The summed E-state index contributed by atoms with van der Waals surface area (Å²) in [4.78, 5) is 23.3. The highest BCUT2D eigenvalue weighted by Crippen LogP contribution is 1.92. The van der Waals surface area contributed by atoms with Crippen molar-refractivity contribution >= 4 is 24.4 Å². The number of rotatable bonds is 3. The van der Waals surface area contributed by atoms with E-state index in [1.54, 1.807) is 14.1 Å². The van der Waals surface area contributed by atoms with Crippen LogP contribution in [0.1, 0.15) is 6.92 Å². The number of nitrogens with zero attached hydrogens (tertiary/aromatic N) is 1. The Kier molecular flexibility index (Phi) is 4.73. The monoisotopic (exact) mass is 190 g/mol. The standard InChI is InChI=1S/C7H14N2O2S/c1-5(10)8-6(4-12)7(11)9(2)3/h6,12H,4H2,1-3H3,(H,8,10). The van der Waals surface area contributed by atoms with Crippen LogP contribution < -0.4 is 5.32 Å². The van der Waals surface area contributed by atoms with Gasteiger partial charge in [-0.2, -0.15) is 12.6 Å². The van der Waals surface area contributed by atoms with E-state index in [1.807, 2.05) is 0 Å². The molecular formula is C7H14N2O2S. The Morgan fingerprint density at radius 3 is 2.25 bits per heavy atom. The Morgan fingerprint density at radius 2 is 2.00 bits per heavy atom. The topological polar surface area (TPSA) is 49.4 Å². The van der Waals surface area contributed by atoms with E-state index in [-0.39, 0.29) is 11.8 Å². The molecule has 12 heavy (non-hydrogen) atoms. The number of carbonyl (C=O) groups excluding carboxylic acids is 2. The maximum absolute atomic E-state index is 11.3. The molecule has 0 aromatic carbocycles. The lowest BCUT2D eigenvalue weighted by molar-refractivity contribution is -0.133. The quantitative estimate of drug-likeness (QED) is 0.590. The van der Waals surface area contributed by atoms with Gasteiger partial charge in [0.1, 0.15) is 6.04 Å².